The lowest BCUT2D eigenvalue weighted by Crippen LogP contribution is -2.38. The number of hydrogen-bond acceptors (Lipinski definition) is 6. The molecule has 0 saturated carbocycles. The summed E-state index contributed by atoms with van der Waals surface area (Å²) in [6.07, 6.45) is 1.66. The maximum Gasteiger partial charge on any atom is 0.266 e. The standard InChI is InChI=1S/C24H20N4O4/c29-22(20-9-4-10-25-21(20)27-11-13-32-14-12-27)26-16-5-3-6-17(15-16)28-23(30)18-7-1-2-8-19(18)24(28)31/h1-10,15H,11-14H2,(H,26,29). The van der Waals surface area contributed by atoms with Gasteiger partial charge < -0.3 is 15.0 Å². The van der Waals surface area contributed by atoms with Gasteiger partial charge in [0, 0.05) is 25.0 Å². The maximum atomic E-state index is 13.1. The third kappa shape index (κ3) is 3.50. The molecule has 3 heterocycles. The van der Waals surface area contributed by atoms with Crippen molar-refractivity contribution in [2.45, 2.75) is 0 Å². The summed E-state index contributed by atoms with van der Waals surface area (Å²) in [4.78, 5) is 46.2. The second-order valence-corrected chi connectivity index (χ2v) is 7.47. The van der Waals surface area contributed by atoms with E-state index in [4.69, 9.17) is 4.74 Å². The summed E-state index contributed by atoms with van der Waals surface area (Å²) in [7, 11) is 0. The SMILES string of the molecule is O=C(Nc1cccc(N2C(=O)c3ccccc3C2=O)c1)c1cccnc1N1CCOCC1. The zero-order valence-electron chi connectivity index (χ0n) is 17.2. The number of ether oxygens (including phenoxy) is 1. The summed E-state index contributed by atoms with van der Waals surface area (Å²) in [6.45, 7) is 2.49. The van der Waals surface area contributed by atoms with E-state index in [9.17, 15) is 14.4 Å². The Balaban J connectivity index is 1.39. The molecule has 32 heavy (non-hydrogen) atoms. The average molecular weight is 428 g/mol. The molecule has 2 aliphatic heterocycles. The summed E-state index contributed by atoms with van der Waals surface area (Å²) in [5.74, 6) is -0.476. The third-order valence-electron chi connectivity index (χ3n) is 5.50. The number of carbonyl (C=O) groups excluding carboxylic acids is 3. The molecule has 3 aromatic rings. The molecule has 0 spiro atoms. The minimum atomic E-state index is -0.379. The number of carbonyl (C=O) groups is 3. The Bertz CT molecular complexity index is 1180. The summed E-state index contributed by atoms with van der Waals surface area (Å²) in [5, 5.41) is 2.87. The second-order valence-electron chi connectivity index (χ2n) is 7.47. The zero-order valence-corrected chi connectivity index (χ0v) is 17.2. The first-order valence-corrected chi connectivity index (χ1v) is 10.3. The Morgan fingerprint density at radius 3 is 2.34 bits per heavy atom. The van der Waals surface area contributed by atoms with E-state index in [1.54, 1.807) is 66.9 Å². The Morgan fingerprint density at radius 1 is 0.906 bits per heavy atom. The molecule has 0 aliphatic carbocycles. The highest BCUT2D eigenvalue weighted by molar-refractivity contribution is 6.34. The molecule has 160 valence electrons. The van der Waals surface area contributed by atoms with E-state index in [1.165, 1.54) is 0 Å². The van der Waals surface area contributed by atoms with Gasteiger partial charge in [-0.05, 0) is 42.5 Å². The quantitative estimate of drug-likeness (QED) is 0.643. The highest BCUT2D eigenvalue weighted by Gasteiger charge is 2.36. The molecule has 2 aliphatic rings. The van der Waals surface area contributed by atoms with Crippen LogP contribution >= 0.6 is 0 Å². The van der Waals surface area contributed by atoms with Crippen LogP contribution in [-0.2, 0) is 4.74 Å². The van der Waals surface area contributed by atoms with Gasteiger partial charge in [0.05, 0.1) is 35.6 Å². The lowest BCUT2D eigenvalue weighted by molar-refractivity contribution is 0.0925. The number of morpholine rings is 1. The van der Waals surface area contributed by atoms with Crippen LogP contribution in [0.3, 0.4) is 0 Å². The van der Waals surface area contributed by atoms with Crippen LogP contribution in [0, 0.1) is 0 Å². The lowest BCUT2D eigenvalue weighted by atomic mass is 10.1. The molecule has 1 fully saturated rings. The molecule has 1 aromatic heterocycles. The number of rotatable bonds is 4. The summed E-state index contributed by atoms with van der Waals surface area (Å²) in [6, 6.07) is 16.9. The van der Waals surface area contributed by atoms with Crippen LogP contribution in [0.4, 0.5) is 17.2 Å². The maximum absolute atomic E-state index is 13.1. The second kappa shape index (κ2) is 8.24. The Morgan fingerprint density at radius 2 is 1.62 bits per heavy atom. The molecule has 2 aromatic carbocycles. The van der Waals surface area contributed by atoms with Crippen LogP contribution in [0.2, 0.25) is 0 Å². The molecule has 5 rings (SSSR count). The molecular formula is C24H20N4O4. The van der Waals surface area contributed by atoms with Gasteiger partial charge in [0.1, 0.15) is 5.82 Å². The van der Waals surface area contributed by atoms with Crippen molar-refractivity contribution in [1.82, 2.24) is 4.98 Å². The van der Waals surface area contributed by atoms with Crippen LogP contribution in [0.25, 0.3) is 0 Å². The summed E-state index contributed by atoms with van der Waals surface area (Å²) in [5.41, 5.74) is 2.06. The molecule has 1 N–H and O–H groups in total. The van der Waals surface area contributed by atoms with Gasteiger partial charge in [-0.15, -0.1) is 0 Å². The van der Waals surface area contributed by atoms with Gasteiger partial charge in [-0.2, -0.15) is 0 Å². The molecule has 0 radical (unpaired) electrons. The minimum Gasteiger partial charge on any atom is -0.378 e. The Hall–Kier alpha value is -4.04. The normalized spacial score (nSPS) is 15.6. The highest BCUT2D eigenvalue weighted by atomic mass is 16.5. The Labute approximate surface area is 184 Å². The number of amides is 3. The van der Waals surface area contributed by atoms with Crippen LogP contribution in [0.1, 0.15) is 31.1 Å². The Kier molecular flexibility index (Phi) is 5.12. The number of imide groups is 1. The lowest BCUT2D eigenvalue weighted by Gasteiger charge is -2.29. The monoisotopic (exact) mass is 428 g/mol. The number of pyridine rings is 1. The van der Waals surface area contributed by atoms with Crippen LogP contribution in [0.5, 0.6) is 0 Å². The number of fused-ring (bicyclic) bond motifs is 1. The third-order valence-corrected chi connectivity index (χ3v) is 5.50. The number of anilines is 3. The topological polar surface area (TPSA) is 91.8 Å². The van der Waals surface area contributed by atoms with Crippen molar-refractivity contribution in [2.75, 3.05) is 41.4 Å². The molecule has 3 amide bonds. The molecular weight excluding hydrogens is 408 g/mol. The van der Waals surface area contributed by atoms with Gasteiger partial charge in [-0.1, -0.05) is 18.2 Å². The number of nitrogens with one attached hydrogen (secondary N) is 1. The van der Waals surface area contributed by atoms with E-state index < -0.39 is 0 Å². The first kappa shape index (κ1) is 19.9. The number of hydrogen-bond donors (Lipinski definition) is 1. The van der Waals surface area contributed by atoms with Crippen molar-refractivity contribution in [1.29, 1.82) is 0 Å². The van der Waals surface area contributed by atoms with Crippen molar-refractivity contribution in [3.8, 4) is 0 Å². The molecule has 1 saturated heterocycles. The largest absolute Gasteiger partial charge is 0.378 e. The van der Waals surface area contributed by atoms with Gasteiger partial charge >= 0.3 is 0 Å². The van der Waals surface area contributed by atoms with Crippen molar-refractivity contribution < 1.29 is 19.1 Å². The van der Waals surface area contributed by atoms with Crippen molar-refractivity contribution in [3.63, 3.8) is 0 Å². The molecule has 0 unspecified atom stereocenters. The predicted molar refractivity (Wildman–Crippen MR) is 119 cm³/mol. The van der Waals surface area contributed by atoms with Crippen molar-refractivity contribution in [2.24, 2.45) is 0 Å². The van der Waals surface area contributed by atoms with E-state index >= 15 is 0 Å². The minimum absolute atomic E-state index is 0.320. The average Bonchev–Trinajstić information content (AvgIpc) is 3.10. The fraction of sp³-hybridized carbons (Fsp3) is 0.167. The molecule has 0 bridgehead atoms. The van der Waals surface area contributed by atoms with Gasteiger partial charge in [-0.25, -0.2) is 9.88 Å². The fourth-order valence-electron chi connectivity index (χ4n) is 3.95. The fourth-order valence-corrected chi connectivity index (χ4v) is 3.95. The van der Waals surface area contributed by atoms with Crippen LogP contribution < -0.4 is 15.1 Å². The molecule has 8 heteroatoms. The van der Waals surface area contributed by atoms with Crippen molar-refractivity contribution in [3.05, 3.63) is 83.6 Å². The summed E-state index contributed by atoms with van der Waals surface area (Å²) >= 11 is 0. The number of aromatic nitrogens is 1. The van der Waals surface area contributed by atoms with Crippen LogP contribution in [0.15, 0.2) is 66.9 Å². The van der Waals surface area contributed by atoms with Gasteiger partial charge in [-0.3, -0.25) is 14.4 Å². The van der Waals surface area contributed by atoms with E-state index in [2.05, 4.69) is 10.3 Å². The van der Waals surface area contributed by atoms with Crippen molar-refractivity contribution >= 4 is 34.9 Å². The van der Waals surface area contributed by atoms with Gasteiger partial charge in [0.25, 0.3) is 17.7 Å². The van der Waals surface area contributed by atoms with E-state index in [1.807, 2.05) is 4.90 Å². The number of nitrogens with zero attached hydrogens (tertiary/aromatic N) is 3. The first-order chi connectivity index (χ1) is 15.6. The van der Waals surface area contributed by atoms with Gasteiger partial charge in [0.2, 0.25) is 0 Å². The highest BCUT2D eigenvalue weighted by Crippen LogP contribution is 2.30. The smallest absolute Gasteiger partial charge is 0.266 e. The van der Waals surface area contributed by atoms with E-state index in [0.29, 0.717) is 60.2 Å². The van der Waals surface area contributed by atoms with E-state index in [-0.39, 0.29) is 17.7 Å². The molecule has 0 atom stereocenters. The zero-order chi connectivity index (χ0) is 22.1. The number of benzene rings is 2. The first-order valence-electron chi connectivity index (χ1n) is 10.3. The predicted octanol–water partition coefficient (Wildman–Crippen LogP) is 2.97. The summed E-state index contributed by atoms with van der Waals surface area (Å²) < 4.78 is 5.39. The van der Waals surface area contributed by atoms with Gasteiger partial charge in [0.15, 0.2) is 0 Å². The van der Waals surface area contributed by atoms with E-state index in [0.717, 1.165) is 4.90 Å². The molecule has 8 nitrogen and oxygen atoms in total. The van der Waals surface area contributed by atoms with Crippen LogP contribution in [-0.4, -0.2) is 49.0 Å².